The van der Waals surface area contributed by atoms with Gasteiger partial charge in [0.1, 0.15) is 12.7 Å². The average Bonchev–Trinajstić information content (AvgIpc) is 2.53. The van der Waals surface area contributed by atoms with Gasteiger partial charge in [-0.05, 0) is 6.42 Å². The first kappa shape index (κ1) is 6.64. The lowest BCUT2D eigenvalue weighted by atomic mass is 9.99. The summed E-state index contributed by atoms with van der Waals surface area (Å²) in [4.78, 5) is 15.9. The van der Waals surface area contributed by atoms with Crippen molar-refractivity contribution >= 4 is 11.7 Å². The number of ether oxygens (including phenoxy) is 1. The Morgan fingerprint density at radius 2 is 2.55 bits per heavy atom. The standard InChI is InChI=1S/C7H9NO3/c1-2-5-4-3-10-7(9)6(4)8-11-5/h4-5H,2-3H2,1H3/t4-,5-/m0/s1. The first-order valence-corrected chi connectivity index (χ1v) is 3.73. The summed E-state index contributed by atoms with van der Waals surface area (Å²) in [6.45, 7) is 2.45. The summed E-state index contributed by atoms with van der Waals surface area (Å²) in [6, 6.07) is 0. The monoisotopic (exact) mass is 155 g/mol. The third-order valence-corrected chi connectivity index (χ3v) is 2.09. The van der Waals surface area contributed by atoms with Gasteiger partial charge in [-0.25, -0.2) is 4.79 Å². The summed E-state index contributed by atoms with van der Waals surface area (Å²) in [7, 11) is 0. The van der Waals surface area contributed by atoms with E-state index in [1.807, 2.05) is 6.92 Å². The molecule has 11 heavy (non-hydrogen) atoms. The van der Waals surface area contributed by atoms with E-state index in [0.717, 1.165) is 6.42 Å². The van der Waals surface area contributed by atoms with Gasteiger partial charge in [0.05, 0.1) is 5.92 Å². The molecular weight excluding hydrogens is 146 g/mol. The summed E-state index contributed by atoms with van der Waals surface area (Å²) in [6.07, 6.45) is 0.922. The van der Waals surface area contributed by atoms with Crippen LogP contribution in [-0.4, -0.2) is 24.4 Å². The minimum absolute atomic E-state index is 0.0523. The molecule has 0 amide bonds. The Labute approximate surface area is 64.2 Å². The Hall–Kier alpha value is -1.06. The summed E-state index contributed by atoms with van der Waals surface area (Å²) < 4.78 is 4.80. The van der Waals surface area contributed by atoms with Gasteiger partial charge >= 0.3 is 5.97 Å². The van der Waals surface area contributed by atoms with Crippen molar-refractivity contribution < 1.29 is 14.4 Å². The molecule has 0 spiro atoms. The maximum absolute atomic E-state index is 10.9. The van der Waals surface area contributed by atoms with E-state index in [1.165, 1.54) is 0 Å². The van der Waals surface area contributed by atoms with Gasteiger partial charge in [-0.1, -0.05) is 12.1 Å². The lowest BCUT2D eigenvalue weighted by molar-refractivity contribution is -0.134. The van der Waals surface area contributed by atoms with Gasteiger partial charge in [-0.2, -0.15) is 0 Å². The fourth-order valence-electron chi connectivity index (χ4n) is 1.42. The molecule has 0 aromatic carbocycles. The third kappa shape index (κ3) is 0.818. The molecule has 2 atom stereocenters. The molecule has 2 aliphatic rings. The maximum atomic E-state index is 10.9. The lowest BCUT2D eigenvalue weighted by Crippen LogP contribution is -2.22. The van der Waals surface area contributed by atoms with Crippen molar-refractivity contribution in [1.82, 2.24) is 0 Å². The highest BCUT2D eigenvalue weighted by Gasteiger charge is 2.43. The van der Waals surface area contributed by atoms with Crippen molar-refractivity contribution in [1.29, 1.82) is 0 Å². The molecule has 2 rings (SSSR count). The Bertz CT molecular complexity index is 224. The highest BCUT2D eigenvalue weighted by Crippen LogP contribution is 2.26. The van der Waals surface area contributed by atoms with Crippen LogP contribution < -0.4 is 0 Å². The van der Waals surface area contributed by atoms with E-state index in [1.54, 1.807) is 0 Å². The number of hydrogen-bond acceptors (Lipinski definition) is 4. The van der Waals surface area contributed by atoms with E-state index in [9.17, 15) is 4.79 Å². The molecule has 0 N–H and O–H groups in total. The number of carbonyl (C=O) groups is 1. The van der Waals surface area contributed by atoms with Gasteiger partial charge in [0.25, 0.3) is 0 Å². The van der Waals surface area contributed by atoms with E-state index >= 15 is 0 Å². The fraction of sp³-hybridized carbons (Fsp3) is 0.714. The van der Waals surface area contributed by atoms with E-state index in [0.29, 0.717) is 12.3 Å². The molecule has 0 aromatic rings. The number of rotatable bonds is 1. The molecule has 0 bridgehead atoms. The number of hydrogen-bond donors (Lipinski definition) is 0. The van der Waals surface area contributed by atoms with Crippen molar-refractivity contribution in [2.45, 2.75) is 19.4 Å². The highest BCUT2D eigenvalue weighted by atomic mass is 16.7. The zero-order valence-electron chi connectivity index (χ0n) is 6.24. The molecule has 4 nitrogen and oxygen atoms in total. The number of carbonyl (C=O) groups excluding carboxylic acids is 1. The van der Waals surface area contributed by atoms with Gasteiger partial charge in [-0.15, -0.1) is 0 Å². The van der Waals surface area contributed by atoms with Crippen LogP contribution in [0.4, 0.5) is 0 Å². The van der Waals surface area contributed by atoms with Crippen molar-refractivity contribution in [2.75, 3.05) is 6.61 Å². The van der Waals surface area contributed by atoms with Crippen molar-refractivity contribution in [3.05, 3.63) is 0 Å². The van der Waals surface area contributed by atoms with Crippen LogP contribution in [0, 0.1) is 5.92 Å². The average molecular weight is 155 g/mol. The molecule has 2 heterocycles. The second-order valence-corrected chi connectivity index (χ2v) is 2.73. The summed E-state index contributed by atoms with van der Waals surface area (Å²) in [5, 5.41) is 3.67. The molecule has 2 aliphatic heterocycles. The molecule has 1 saturated heterocycles. The van der Waals surface area contributed by atoms with E-state index in [2.05, 4.69) is 5.16 Å². The number of cyclic esters (lactones) is 1. The zero-order chi connectivity index (χ0) is 7.84. The molecule has 1 fully saturated rings. The minimum Gasteiger partial charge on any atom is -0.460 e. The Kier molecular flexibility index (Phi) is 1.34. The van der Waals surface area contributed by atoms with E-state index < -0.39 is 0 Å². The van der Waals surface area contributed by atoms with E-state index in [-0.39, 0.29) is 18.0 Å². The van der Waals surface area contributed by atoms with Crippen LogP contribution in [0.2, 0.25) is 0 Å². The zero-order valence-corrected chi connectivity index (χ0v) is 6.24. The molecule has 0 saturated carbocycles. The first-order chi connectivity index (χ1) is 5.33. The predicted molar refractivity (Wildman–Crippen MR) is 37.0 cm³/mol. The van der Waals surface area contributed by atoms with Crippen molar-refractivity contribution in [2.24, 2.45) is 11.1 Å². The maximum Gasteiger partial charge on any atom is 0.356 e. The Morgan fingerprint density at radius 3 is 3.27 bits per heavy atom. The molecule has 0 radical (unpaired) electrons. The second kappa shape index (κ2) is 2.22. The number of oxime groups is 1. The Morgan fingerprint density at radius 1 is 1.73 bits per heavy atom. The van der Waals surface area contributed by atoms with Crippen LogP contribution in [0.15, 0.2) is 5.16 Å². The minimum atomic E-state index is -0.314. The molecule has 60 valence electrons. The largest absolute Gasteiger partial charge is 0.460 e. The van der Waals surface area contributed by atoms with Crippen LogP contribution in [0.1, 0.15) is 13.3 Å². The number of nitrogens with zero attached hydrogens (tertiary/aromatic N) is 1. The first-order valence-electron chi connectivity index (χ1n) is 3.73. The lowest BCUT2D eigenvalue weighted by Gasteiger charge is -2.08. The van der Waals surface area contributed by atoms with Crippen LogP contribution in [0.25, 0.3) is 0 Å². The van der Waals surface area contributed by atoms with Gasteiger partial charge in [0.2, 0.25) is 0 Å². The van der Waals surface area contributed by atoms with E-state index in [4.69, 9.17) is 9.57 Å². The summed E-state index contributed by atoms with van der Waals surface area (Å²) in [5.74, 6) is -0.224. The van der Waals surface area contributed by atoms with Crippen molar-refractivity contribution in [3.8, 4) is 0 Å². The third-order valence-electron chi connectivity index (χ3n) is 2.09. The molecule has 0 unspecified atom stereocenters. The van der Waals surface area contributed by atoms with Gasteiger partial charge < -0.3 is 9.57 Å². The van der Waals surface area contributed by atoms with Gasteiger partial charge in [0.15, 0.2) is 5.71 Å². The summed E-state index contributed by atoms with van der Waals surface area (Å²) >= 11 is 0. The van der Waals surface area contributed by atoms with Crippen LogP contribution in [-0.2, 0) is 14.4 Å². The normalized spacial score (nSPS) is 34.3. The van der Waals surface area contributed by atoms with Gasteiger partial charge in [0, 0.05) is 0 Å². The highest BCUT2D eigenvalue weighted by molar-refractivity contribution is 6.39. The van der Waals surface area contributed by atoms with Crippen LogP contribution >= 0.6 is 0 Å². The quantitative estimate of drug-likeness (QED) is 0.512. The number of esters is 1. The SMILES string of the molecule is CC[C@@H]1ON=C2C(=O)OC[C@H]21. The predicted octanol–water partition coefficient (Wildman–Crippen LogP) is 0.324. The molecule has 0 aliphatic carbocycles. The topological polar surface area (TPSA) is 47.9 Å². The fourth-order valence-corrected chi connectivity index (χ4v) is 1.42. The second-order valence-electron chi connectivity index (χ2n) is 2.73. The van der Waals surface area contributed by atoms with Crippen LogP contribution in [0.3, 0.4) is 0 Å². The molecular formula is C7H9NO3. The van der Waals surface area contributed by atoms with Gasteiger partial charge in [-0.3, -0.25) is 0 Å². The smallest absolute Gasteiger partial charge is 0.356 e. The molecule has 4 heteroatoms. The Balaban J connectivity index is 2.19. The summed E-state index contributed by atoms with van der Waals surface area (Å²) in [5.41, 5.74) is 0.469. The van der Waals surface area contributed by atoms with Crippen molar-refractivity contribution in [3.63, 3.8) is 0 Å². The number of fused-ring (bicyclic) bond motifs is 1. The molecule has 0 aromatic heterocycles. The van der Waals surface area contributed by atoms with Crippen LogP contribution in [0.5, 0.6) is 0 Å².